The minimum absolute atomic E-state index is 0.0860. The first-order chi connectivity index (χ1) is 5.68. The second-order valence-corrected chi connectivity index (χ2v) is 2.52. The summed E-state index contributed by atoms with van der Waals surface area (Å²) in [6.45, 7) is 1.50. The van der Waals surface area contributed by atoms with E-state index in [4.69, 9.17) is 0 Å². The van der Waals surface area contributed by atoms with Gasteiger partial charge in [0.05, 0.1) is 12.4 Å². The summed E-state index contributed by atoms with van der Waals surface area (Å²) in [6.07, 6.45) is 3.09. The van der Waals surface area contributed by atoms with Gasteiger partial charge in [0.15, 0.2) is 5.82 Å². The number of hydrogen-bond acceptors (Lipinski definition) is 3. The van der Waals surface area contributed by atoms with Gasteiger partial charge in [-0.15, -0.1) is 0 Å². The van der Waals surface area contributed by atoms with Crippen LogP contribution in [0.1, 0.15) is 19.2 Å². The molecule has 0 saturated carbocycles. The van der Waals surface area contributed by atoms with Crippen LogP contribution in [0.25, 0.3) is 0 Å². The van der Waals surface area contributed by atoms with Gasteiger partial charge in [0.25, 0.3) is 0 Å². The number of rotatable bonds is 3. The standard InChI is InChI=1S/C8H9FN2O/c1-6(12)2-3-8-10-4-7(9)5-11-8/h4-5H,2-3H2,1H3. The maximum Gasteiger partial charge on any atom is 0.159 e. The van der Waals surface area contributed by atoms with E-state index >= 15 is 0 Å². The minimum atomic E-state index is -0.457. The van der Waals surface area contributed by atoms with Crippen molar-refractivity contribution in [3.05, 3.63) is 24.0 Å². The zero-order chi connectivity index (χ0) is 8.97. The minimum Gasteiger partial charge on any atom is -0.300 e. The molecule has 0 saturated heterocycles. The van der Waals surface area contributed by atoms with E-state index in [0.29, 0.717) is 18.7 Å². The summed E-state index contributed by atoms with van der Waals surface area (Å²) in [5.74, 6) is 0.135. The van der Waals surface area contributed by atoms with Crippen molar-refractivity contribution in [3.63, 3.8) is 0 Å². The van der Waals surface area contributed by atoms with Crippen molar-refractivity contribution in [2.24, 2.45) is 0 Å². The Balaban J connectivity index is 2.53. The summed E-state index contributed by atoms with van der Waals surface area (Å²) in [5.41, 5.74) is 0. The number of aryl methyl sites for hydroxylation is 1. The molecule has 1 heterocycles. The van der Waals surface area contributed by atoms with Gasteiger partial charge in [-0.1, -0.05) is 0 Å². The molecule has 1 aromatic heterocycles. The molecule has 4 heteroatoms. The average molecular weight is 168 g/mol. The van der Waals surface area contributed by atoms with E-state index in [1.165, 1.54) is 6.92 Å². The second-order valence-electron chi connectivity index (χ2n) is 2.52. The van der Waals surface area contributed by atoms with Crippen molar-refractivity contribution < 1.29 is 9.18 Å². The van der Waals surface area contributed by atoms with Crippen molar-refractivity contribution in [2.45, 2.75) is 19.8 Å². The first-order valence-corrected chi connectivity index (χ1v) is 3.64. The number of aromatic nitrogens is 2. The van der Waals surface area contributed by atoms with E-state index in [9.17, 15) is 9.18 Å². The molecule has 0 amide bonds. The Hall–Kier alpha value is -1.32. The summed E-state index contributed by atoms with van der Waals surface area (Å²) in [6, 6.07) is 0. The largest absolute Gasteiger partial charge is 0.300 e. The predicted octanol–water partition coefficient (Wildman–Crippen LogP) is 1.14. The Kier molecular flexibility index (Phi) is 2.85. The molecule has 0 fully saturated rings. The van der Waals surface area contributed by atoms with Crippen molar-refractivity contribution in [1.29, 1.82) is 0 Å². The Labute approximate surface area is 69.7 Å². The van der Waals surface area contributed by atoms with Gasteiger partial charge in [0, 0.05) is 12.8 Å². The van der Waals surface area contributed by atoms with E-state index in [0.717, 1.165) is 12.4 Å². The first-order valence-electron chi connectivity index (χ1n) is 3.64. The number of hydrogen-bond donors (Lipinski definition) is 0. The zero-order valence-electron chi connectivity index (χ0n) is 6.75. The molecule has 0 spiro atoms. The number of carbonyl (C=O) groups excluding carboxylic acids is 1. The van der Waals surface area contributed by atoms with E-state index in [-0.39, 0.29) is 5.78 Å². The lowest BCUT2D eigenvalue weighted by molar-refractivity contribution is -0.117. The summed E-state index contributed by atoms with van der Waals surface area (Å²) < 4.78 is 12.3. The molecule has 0 aliphatic rings. The molecule has 0 aromatic carbocycles. The Morgan fingerprint density at radius 2 is 2.08 bits per heavy atom. The summed E-state index contributed by atoms with van der Waals surface area (Å²) in [4.78, 5) is 18.0. The number of ketones is 1. The van der Waals surface area contributed by atoms with Gasteiger partial charge in [-0.2, -0.15) is 0 Å². The molecule has 0 unspecified atom stereocenters. The number of nitrogens with zero attached hydrogens (tertiary/aromatic N) is 2. The van der Waals surface area contributed by atoms with Gasteiger partial charge < -0.3 is 4.79 Å². The van der Waals surface area contributed by atoms with Crippen LogP contribution < -0.4 is 0 Å². The van der Waals surface area contributed by atoms with Crippen LogP contribution in [0.2, 0.25) is 0 Å². The fourth-order valence-electron chi connectivity index (χ4n) is 0.756. The molecular formula is C8H9FN2O. The summed E-state index contributed by atoms with van der Waals surface area (Å²) in [5, 5.41) is 0. The molecular weight excluding hydrogens is 159 g/mol. The van der Waals surface area contributed by atoms with Crippen molar-refractivity contribution in [2.75, 3.05) is 0 Å². The smallest absolute Gasteiger partial charge is 0.159 e. The number of Topliss-reactive ketones (excluding diaryl/α,β-unsaturated/α-hetero) is 1. The first kappa shape index (κ1) is 8.77. The van der Waals surface area contributed by atoms with Crippen LogP contribution in [0.5, 0.6) is 0 Å². The van der Waals surface area contributed by atoms with Crippen LogP contribution in [0.3, 0.4) is 0 Å². The lowest BCUT2D eigenvalue weighted by Gasteiger charge is -1.95. The number of halogens is 1. The van der Waals surface area contributed by atoms with Crippen LogP contribution in [-0.4, -0.2) is 15.8 Å². The van der Waals surface area contributed by atoms with E-state index < -0.39 is 5.82 Å². The van der Waals surface area contributed by atoms with Gasteiger partial charge >= 0.3 is 0 Å². The van der Waals surface area contributed by atoms with Gasteiger partial charge in [-0.3, -0.25) is 0 Å². The van der Waals surface area contributed by atoms with Crippen LogP contribution >= 0.6 is 0 Å². The molecule has 0 radical (unpaired) electrons. The zero-order valence-corrected chi connectivity index (χ0v) is 6.75. The molecule has 1 aromatic rings. The Bertz CT molecular complexity index is 271. The van der Waals surface area contributed by atoms with Crippen LogP contribution in [-0.2, 0) is 11.2 Å². The molecule has 64 valence electrons. The highest BCUT2D eigenvalue weighted by Gasteiger charge is 1.99. The molecule has 3 nitrogen and oxygen atoms in total. The Morgan fingerprint density at radius 3 is 2.58 bits per heavy atom. The molecule has 12 heavy (non-hydrogen) atoms. The van der Waals surface area contributed by atoms with Gasteiger partial charge in [0.1, 0.15) is 11.6 Å². The number of carbonyl (C=O) groups is 1. The van der Waals surface area contributed by atoms with E-state index in [1.807, 2.05) is 0 Å². The third-order valence-electron chi connectivity index (χ3n) is 1.37. The molecule has 0 bridgehead atoms. The monoisotopic (exact) mass is 168 g/mol. The topological polar surface area (TPSA) is 42.9 Å². The van der Waals surface area contributed by atoms with E-state index in [1.54, 1.807) is 0 Å². The van der Waals surface area contributed by atoms with Crippen LogP contribution in [0.4, 0.5) is 4.39 Å². The van der Waals surface area contributed by atoms with Crippen LogP contribution in [0.15, 0.2) is 12.4 Å². The normalized spacial score (nSPS) is 9.83. The third-order valence-corrected chi connectivity index (χ3v) is 1.37. The third kappa shape index (κ3) is 2.74. The highest BCUT2D eigenvalue weighted by Crippen LogP contribution is 1.97. The van der Waals surface area contributed by atoms with E-state index in [2.05, 4.69) is 9.97 Å². The second kappa shape index (κ2) is 3.90. The van der Waals surface area contributed by atoms with Crippen molar-refractivity contribution in [1.82, 2.24) is 9.97 Å². The summed E-state index contributed by atoms with van der Waals surface area (Å²) in [7, 11) is 0. The summed E-state index contributed by atoms with van der Waals surface area (Å²) >= 11 is 0. The van der Waals surface area contributed by atoms with Crippen LogP contribution in [0, 0.1) is 5.82 Å². The van der Waals surface area contributed by atoms with Crippen molar-refractivity contribution in [3.8, 4) is 0 Å². The molecule has 0 aliphatic carbocycles. The quantitative estimate of drug-likeness (QED) is 0.679. The van der Waals surface area contributed by atoms with Gasteiger partial charge in [-0.25, -0.2) is 14.4 Å². The lowest BCUT2D eigenvalue weighted by atomic mass is 10.2. The fourth-order valence-corrected chi connectivity index (χ4v) is 0.756. The maximum atomic E-state index is 12.3. The van der Waals surface area contributed by atoms with Crippen molar-refractivity contribution >= 4 is 5.78 Å². The lowest BCUT2D eigenvalue weighted by Crippen LogP contribution is -1.99. The van der Waals surface area contributed by atoms with Gasteiger partial charge in [0.2, 0.25) is 0 Å². The Morgan fingerprint density at radius 1 is 1.50 bits per heavy atom. The molecule has 0 atom stereocenters. The SMILES string of the molecule is CC(=O)CCc1ncc(F)cn1. The maximum absolute atomic E-state index is 12.3. The van der Waals surface area contributed by atoms with Gasteiger partial charge in [-0.05, 0) is 6.92 Å². The average Bonchev–Trinajstić information content (AvgIpc) is 2.03. The highest BCUT2D eigenvalue weighted by atomic mass is 19.1. The molecule has 0 aliphatic heterocycles. The molecule has 1 rings (SSSR count). The predicted molar refractivity (Wildman–Crippen MR) is 41.0 cm³/mol. The highest BCUT2D eigenvalue weighted by molar-refractivity contribution is 5.75. The molecule has 0 N–H and O–H groups in total. The fraction of sp³-hybridized carbons (Fsp3) is 0.375.